The number of carbonyl (C=O) groups excluding carboxylic acids is 1. The molecule has 0 aromatic heterocycles. The van der Waals surface area contributed by atoms with Gasteiger partial charge in [-0.3, -0.25) is 8.98 Å². The van der Waals surface area contributed by atoms with Crippen LogP contribution >= 0.6 is 0 Å². The van der Waals surface area contributed by atoms with E-state index in [0.717, 1.165) is 56.9 Å². The Bertz CT molecular complexity index is 1090. The molecule has 2 unspecified atom stereocenters. The van der Waals surface area contributed by atoms with Gasteiger partial charge < -0.3 is 4.74 Å². The molecule has 5 nitrogen and oxygen atoms in total. The number of hydrogen-bond acceptors (Lipinski definition) is 5. The zero-order chi connectivity index (χ0) is 24.3. The molecular weight excluding hydrogens is 448 g/mol. The first-order valence-corrected chi connectivity index (χ1v) is 14.3. The third-order valence-electron chi connectivity index (χ3n) is 9.86. The zero-order valence-corrected chi connectivity index (χ0v) is 21.7. The van der Waals surface area contributed by atoms with E-state index < -0.39 is 10.1 Å². The van der Waals surface area contributed by atoms with E-state index in [1.54, 1.807) is 12.1 Å². The first-order chi connectivity index (χ1) is 16.0. The van der Waals surface area contributed by atoms with Crippen LogP contribution in [0.5, 0.6) is 0 Å². The summed E-state index contributed by atoms with van der Waals surface area (Å²) in [6, 6.07) is 6.94. The molecule has 186 valence electrons. The highest BCUT2D eigenvalue weighted by Gasteiger charge is 2.59. The molecule has 4 aliphatic rings. The highest BCUT2D eigenvalue weighted by molar-refractivity contribution is 7.86. The Balaban J connectivity index is 1.35. The number of esters is 1. The van der Waals surface area contributed by atoms with Crippen LogP contribution in [-0.4, -0.2) is 26.6 Å². The maximum atomic E-state index is 13.1. The number of ether oxygens (including phenoxy) is 1. The molecule has 3 saturated carbocycles. The average molecular weight is 487 g/mol. The summed E-state index contributed by atoms with van der Waals surface area (Å²) in [5.41, 5.74) is 2.55. The average Bonchev–Trinajstić information content (AvgIpc) is 3.09. The molecule has 4 aliphatic carbocycles. The van der Waals surface area contributed by atoms with E-state index in [4.69, 9.17) is 8.92 Å². The number of hydrogen-bond donors (Lipinski definition) is 0. The van der Waals surface area contributed by atoms with Crippen LogP contribution < -0.4 is 0 Å². The van der Waals surface area contributed by atoms with Gasteiger partial charge in [0.2, 0.25) is 0 Å². The van der Waals surface area contributed by atoms with Crippen LogP contribution in [0.4, 0.5) is 0 Å². The minimum Gasteiger partial charge on any atom is -0.462 e. The third-order valence-corrected chi connectivity index (χ3v) is 11.2. The summed E-state index contributed by atoms with van der Waals surface area (Å²) in [6.45, 7) is 8.15. The molecule has 0 heterocycles. The largest absolute Gasteiger partial charge is 0.462 e. The van der Waals surface area contributed by atoms with Crippen molar-refractivity contribution in [2.75, 3.05) is 0 Å². The number of allylic oxidation sites excluding steroid dienone is 1. The van der Waals surface area contributed by atoms with Crippen LogP contribution in [0.2, 0.25) is 0 Å². The lowest BCUT2D eigenvalue weighted by atomic mass is 9.48. The Morgan fingerprint density at radius 2 is 1.74 bits per heavy atom. The van der Waals surface area contributed by atoms with Gasteiger partial charge in [0.15, 0.2) is 0 Å². The molecule has 34 heavy (non-hydrogen) atoms. The van der Waals surface area contributed by atoms with Crippen LogP contribution in [-0.2, 0) is 23.8 Å². The van der Waals surface area contributed by atoms with Crippen molar-refractivity contribution >= 4 is 16.1 Å². The number of carbonyl (C=O) groups is 1. The normalized spacial score (nSPS) is 39.4. The van der Waals surface area contributed by atoms with Crippen LogP contribution in [0.1, 0.15) is 77.7 Å². The van der Waals surface area contributed by atoms with Crippen LogP contribution in [0, 0.1) is 35.5 Å². The first kappa shape index (κ1) is 24.1. The molecule has 0 N–H and O–H groups in total. The van der Waals surface area contributed by atoms with Gasteiger partial charge in [0.25, 0.3) is 10.1 Å². The van der Waals surface area contributed by atoms with Gasteiger partial charge in [-0.15, -0.1) is 0 Å². The van der Waals surface area contributed by atoms with E-state index >= 15 is 0 Å². The third kappa shape index (κ3) is 3.95. The smallest absolute Gasteiger partial charge is 0.302 e. The van der Waals surface area contributed by atoms with Crippen LogP contribution in [0.25, 0.3) is 0 Å². The lowest BCUT2D eigenvalue weighted by Gasteiger charge is -2.57. The maximum absolute atomic E-state index is 13.1. The first-order valence-electron chi connectivity index (χ1n) is 12.9. The van der Waals surface area contributed by atoms with Crippen LogP contribution in [0.3, 0.4) is 0 Å². The van der Waals surface area contributed by atoms with Crippen molar-refractivity contribution in [3.8, 4) is 0 Å². The quantitative estimate of drug-likeness (QED) is 0.298. The fourth-order valence-electron chi connectivity index (χ4n) is 7.99. The Labute approximate surface area is 204 Å². The van der Waals surface area contributed by atoms with Gasteiger partial charge >= 0.3 is 5.97 Å². The number of rotatable bonds is 4. The molecule has 6 heteroatoms. The van der Waals surface area contributed by atoms with Gasteiger partial charge in [-0.2, -0.15) is 8.42 Å². The van der Waals surface area contributed by atoms with E-state index in [1.807, 2.05) is 19.1 Å². The highest BCUT2D eigenvalue weighted by atomic mass is 32.2. The second kappa shape index (κ2) is 8.48. The summed E-state index contributed by atoms with van der Waals surface area (Å²) in [5, 5.41) is 0. The fourth-order valence-corrected chi connectivity index (χ4v) is 9.19. The monoisotopic (exact) mass is 486 g/mol. The van der Waals surface area contributed by atoms with Crippen LogP contribution in [0.15, 0.2) is 40.8 Å². The zero-order valence-electron chi connectivity index (χ0n) is 20.9. The summed E-state index contributed by atoms with van der Waals surface area (Å²) in [4.78, 5) is 11.7. The van der Waals surface area contributed by atoms with Crippen molar-refractivity contribution in [2.24, 2.45) is 28.6 Å². The second-order valence-corrected chi connectivity index (χ2v) is 13.3. The lowest BCUT2D eigenvalue weighted by molar-refractivity contribution is -0.148. The topological polar surface area (TPSA) is 69.7 Å². The molecule has 0 amide bonds. The van der Waals surface area contributed by atoms with E-state index in [2.05, 4.69) is 19.9 Å². The predicted octanol–water partition coefficient (Wildman–Crippen LogP) is 5.96. The Morgan fingerprint density at radius 3 is 2.44 bits per heavy atom. The number of benzene rings is 1. The van der Waals surface area contributed by atoms with E-state index in [9.17, 15) is 13.2 Å². The van der Waals surface area contributed by atoms with Gasteiger partial charge in [0.05, 0.1) is 11.0 Å². The van der Waals surface area contributed by atoms with Gasteiger partial charge in [0.1, 0.15) is 6.10 Å². The number of fused-ring (bicyclic) bond motifs is 5. The van der Waals surface area contributed by atoms with Gasteiger partial charge in [-0.1, -0.05) is 43.2 Å². The summed E-state index contributed by atoms with van der Waals surface area (Å²) >= 11 is 0. The number of aryl methyl sites for hydroxylation is 1. The molecule has 1 aromatic carbocycles. The minimum atomic E-state index is -3.78. The predicted molar refractivity (Wildman–Crippen MR) is 130 cm³/mol. The summed E-state index contributed by atoms with van der Waals surface area (Å²) < 4.78 is 37.7. The molecule has 0 bridgehead atoms. The summed E-state index contributed by atoms with van der Waals surface area (Å²) in [6.07, 6.45) is 10.0. The molecule has 7 atom stereocenters. The SMILES string of the molecule is CC(=O)OC1CC[C@@]2(C)C(=CC[C@H]3C4CC[C@H](OS(=O)(=O)c5ccc(C)cc5)[C@@]4(C)CC[C@H]32)C1. The summed E-state index contributed by atoms with van der Waals surface area (Å²) in [5.74, 6) is 1.46. The molecule has 1 aromatic rings. The Morgan fingerprint density at radius 1 is 1.00 bits per heavy atom. The van der Waals surface area contributed by atoms with Gasteiger partial charge in [-0.25, -0.2) is 0 Å². The summed E-state index contributed by atoms with van der Waals surface area (Å²) in [7, 11) is -3.78. The van der Waals surface area contributed by atoms with Crippen molar-refractivity contribution in [3.05, 3.63) is 41.5 Å². The lowest BCUT2D eigenvalue weighted by Crippen LogP contribution is -2.51. The van der Waals surface area contributed by atoms with Crippen molar-refractivity contribution in [1.82, 2.24) is 0 Å². The maximum Gasteiger partial charge on any atom is 0.302 e. The minimum absolute atomic E-state index is 0.0125. The van der Waals surface area contributed by atoms with Crippen molar-refractivity contribution in [1.29, 1.82) is 0 Å². The van der Waals surface area contributed by atoms with Crippen molar-refractivity contribution in [3.63, 3.8) is 0 Å². The highest BCUT2D eigenvalue weighted by Crippen LogP contribution is 2.65. The van der Waals surface area contributed by atoms with E-state index in [1.165, 1.54) is 12.5 Å². The molecule has 0 saturated heterocycles. The standard InChI is InChI=1S/C28H38O5S/c1-18-5-8-22(9-6-18)34(30,31)33-26-12-11-24-23-10-7-20-17-21(32-19(2)29)13-15-27(20,3)25(23)14-16-28(24,26)4/h5-9,21,23-26H,10-17H2,1-4H3/t21?,23-,24?,25+,26-,27-,28-/m0/s1. The molecular formula is C28H38O5S. The van der Waals surface area contributed by atoms with Crippen molar-refractivity contribution < 1.29 is 22.1 Å². The molecule has 0 radical (unpaired) electrons. The van der Waals surface area contributed by atoms with E-state index in [0.29, 0.717) is 17.8 Å². The second-order valence-electron chi connectivity index (χ2n) is 11.7. The Hall–Kier alpha value is -1.66. The van der Waals surface area contributed by atoms with Gasteiger partial charge in [0, 0.05) is 13.3 Å². The van der Waals surface area contributed by atoms with E-state index in [-0.39, 0.29) is 33.9 Å². The molecule has 0 spiro atoms. The Kier molecular flexibility index (Phi) is 6.00. The fraction of sp³-hybridized carbons (Fsp3) is 0.679. The molecule has 5 rings (SSSR count). The molecule has 0 aliphatic heterocycles. The van der Waals surface area contributed by atoms with Crippen molar-refractivity contribution in [2.45, 2.75) is 96.2 Å². The van der Waals surface area contributed by atoms with Gasteiger partial charge in [-0.05, 0) is 92.6 Å². The molecule has 3 fully saturated rings.